The summed E-state index contributed by atoms with van der Waals surface area (Å²) in [4.78, 5) is 12.0. The molecule has 0 bridgehead atoms. The molecule has 0 saturated heterocycles. The first-order valence-electron chi connectivity index (χ1n) is 6.66. The van der Waals surface area contributed by atoms with E-state index < -0.39 is 0 Å². The Bertz CT molecular complexity index is 188. The Morgan fingerprint density at radius 2 is 1.67 bits per heavy atom. The fourth-order valence-electron chi connectivity index (χ4n) is 2.96. The van der Waals surface area contributed by atoms with Gasteiger partial charge in [0.25, 0.3) is 0 Å². The molecule has 0 aliphatic heterocycles. The van der Waals surface area contributed by atoms with Crippen LogP contribution in [0.4, 0.5) is 0 Å². The minimum Gasteiger partial charge on any atom is -0.299 e. The van der Waals surface area contributed by atoms with E-state index >= 15 is 0 Å². The number of unbranched alkanes of at least 4 members (excludes halogenated alkanes) is 2. The van der Waals surface area contributed by atoms with Crippen molar-refractivity contribution in [3.8, 4) is 0 Å². The number of ketones is 1. The van der Waals surface area contributed by atoms with E-state index in [1.165, 1.54) is 19.3 Å². The van der Waals surface area contributed by atoms with Crippen LogP contribution in [0.1, 0.15) is 65.7 Å². The lowest BCUT2D eigenvalue weighted by molar-refractivity contribution is -0.124. The van der Waals surface area contributed by atoms with Crippen LogP contribution < -0.4 is 0 Å². The normalized spacial score (nSPS) is 31.5. The maximum absolute atomic E-state index is 12.0. The molecule has 0 aromatic carbocycles. The van der Waals surface area contributed by atoms with Crippen molar-refractivity contribution < 1.29 is 4.79 Å². The molecule has 0 heterocycles. The zero-order valence-corrected chi connectivity index (χ0v) is 10.6. The maximum Gasteiger partial charge on any atom is 0.135 e. The Kier molecular flexibility index (Phi) is 5.35. The van der Waals surface area contributed by atoms with Gasteiger partial charge in [-0.3, -0.25) is 4.79 Å². The predicted octanol–water partition coefficient (Wildman–Crippen LogP) is 4.21. The van der Waals surface area contributed by atoms with E-state index in [9.17, 15) is 4.79 Å². The summed E-state index contributed by atoms with van der Waals surface area (Å²) >= 11 is 0. The summed E-state index contributed by atoms with van der Waals surface area (Å²) in [6.07, 6.45) is 7.98. The second-order valence-electron chi connectivity index (χ2n) is 5.54. The van der Waals surface area contributed by atoms with Crippen LogP contribution >= 0.6 is 0 Å². The third kappa shape index (κ3) is 4.36. The first kappa shape index (κ1) is 12.7. The van der Waals surface area contributed by atoms with Gasteiger partial charge < -0.3 is 0 Å². The average molecular weight is 210 g/mol. The molecule has 0 amide bonds. The van der Waals surface area contributed by atoms with Gasteiger partial charge in [0.2, 0.25) is 0 Å². The molecule has 0 spiro atoms. The molecule has 1 aliphatic carbocycles. The van der Waals surface area contributed by atoms with Crippen LogP contribution in [0.15, 0.2) is 0 Å². The molecule has 1 nitrogen and oxygen atoms in total. The lowest BCUT2D eigenvalue weighted by Gasteiger charge is -2.30. The topological polar surface area (TPSA) is 17.1 Å². The Labute approximate surface area is 94.6 Å². The van der Waals surface area contributed by atoms with E-state index in [-0.39, 0.29) is 0 Å². The zero-order valence-electron chi connectivity index (χ0n) is 10.6. The molecule has 0 aromatic rings. The Balaban J connectivity index is 2.31. The Hall–Kier alpha value is -0.330. The second-order valence-corrected chi connectivity index (χ2v) is 5.54. The van der Waals surface area contributed by atoms with Crippen molar-refractivity contribution in [3.05, 3.63) is 0 Å². The van der Waals surface area contributed by atoms with Gasteiger partial charge in [0, 0.05) is 12.3 Å². The first-order chi connectivity index (χ1) is 7.13. The summed E-state index contributed by atoms with van der Waals surface area (Å²) in [7, 11) is 0. The van der Waals surface area contributed by atoms with Crippen LogP contribution in [-0.4, -0.2) is 5.78 Å². The largest absolute Gasteiger partial charge is 0.299 e. The number of hydrogen-bond acceptors (Lipinski definition) is 1. The summed E-state index contributed by atoms with van der Waals surface area (Å²) in [5.74, 6) is 2.45. The number of rotatable bonds is 5. The molecule has 88 valence electrons. The number of hydrogen-bond donors (Lipinski definition) is 0. The number of carbonyl (C=O) groups excluding carboxylic acids is 1. The van der Waals surface area contributed by atoms with Crippen molar-refractivity contribution in [2.24, 2.45) is 17.8 Å². The molecule has 2 atom stereocenters. The molecule has 2 unspecified atom stereocenters. The van der Waals surface area contributed by atoms with Crippen LogP contribution in [-0.2, 0) is 4.79 Å². The number of carbonyl (C=O) groups is 1. The van der Waals surface area contributed by atoms with Gasteiger partial charge in [-0.2, -0.15) is 0 Å². The first-order valence-corrected chi connectivity index (χ1v) is 6.66. The van der Waals surface area contributed by atoms with E-state index in [4.69, 9.17) is 0 Å². The lowest BCUT2D eigenvalue weighted by atomic mass is 9.74. The highest BCUT2D eigenvalue weighted by Gasteiger charge is 2.28. The third-order valence-corrected chi connectivity index (χ3v) is 3.66. The van der Waals surface area contributed by atoms with Gasteiger partial charge in [-0.1, -0.05) is 33.6 Å². The van der Waals surface area contributed by atoms with Gasteiger partial charge in [-0.15, -0.1) is 0 Å². The van der Waals surface area contributed by atoms with E-state index in [1.807, 2.05) is 0 Å². The van der Waals surface area contributed by atoms with E-state index in [2.05, 4.69) is 20.8 Å². The summed E-state index contributed by atoms with van der Waals surface area (Å²) in [6, 6.07) is 0. The van der Waals surface area contributed by atoms with Crippen LogP contribution in [0.3, 0.4) is 0 Å². The van der Waals surface area contributed by atoms with Gasteiger partial charge in [0.1, 0.15) is 5.78 Å². The monoisotopic (exact) mass is 210 g/mol. The molecule has 0 N–H and O–H groups in total. The van der Waals surface area contributed by atoms with Crippen molar-refractivity contribution in [1.29, 1.82) is 0 Å². The van der Waals surface area contributed by atoms with Crippen molar-refractivity contribution >= 4 is 5.78 Å². The molecule has 1 heteroatoms. The summed E-state index contributed by atoms with van der Waals surface area (Å²) < 4.78 is 0. The molecule has 1 rings (SSSR count). The van der Waals surface area contributed by atoms with E-state index in [1.54, 1.807) is 0 Å². The van der Waals surface area contributed by atoms with Gasteiger partial charge in [0.15, 0.2) is 0 Å². The average Bonchev–Trinajstić information content (AvgIpc) is 2.16. The number of Topliss-reactive ketones (excluding diaryl/α,β-unsaturated/α-hetero) is 1. The minimum absolute atomic E-state index is 0.389. The molecule has 1 fully saturated rings. The van der Waals surface area contributed by atoms with Crippen molar-refractivity contribution in [1.82, 2.24) is 0 Å². The molecule has 0 radical (unpaired) electrons. The zero-order chi connectivity index (χ0) is 11.3. The van der Waals surface area contributed by atoms with Crippen LogP contribution in [0.2, 0.25) is 0 Å². The smallest absolute Gasteiger partial charge is 0.135 e. The highest BCUT2D eigenvalue weighted by atomic mass is 16.1. The molecule has 15 heavy (non-hydrogen) atoms. The SMILES string of the molecule is CCCCCC(=O)C1CC(C)CC(C)C1. The third-order valence-electron chi connectivity index (χ3n) is 3.66. The predicted molar refractivity (Wildman–Crippen MR) is 64.8 cm³/mol. The van der Waals surface area contributed by atoms with Gasteiger partial charge in [-0.25, -0.2) is 0 Å². The van der Waals surface area contributed by atoms with Crippen LogP contribution in [0.5, 0.6) is 0 Å². The van der Waals surface area contributed by atoms with Crippen molar-refractivity contribution in [2.75, 3.05) is 0 Å². The molecular weight excluding hydrogens is 184 g/mol. The lowest BCUT2D eigenvalue weighted by Crippen LogP contribution is -2.25. The minimum atomic E-state index is 0.389. The molecule has 1 aliphatic rings. The summed E-state index contributed by atoms with van der Waals surface area (Å²) in [5.41, 5.74) is 0. The standard InChI is InChI=1S/C14H26O/c1-4-5-6-7-14(15)13-9-11(2)8-12(3)10-13/h11-13H,4-10H2,1-3H3. The Morgan fingerprint density at radius 3 is 2.20 bits per heavy atom. The summed E-state index contributed by atoms with van der Waals surface area (Å²) in [5, 5.41) is 0. The fourth-order valence-corrected chi connectivity index (χ4v) is 2.96. The molecular formula is C14H26O. The van der Waals surface area contributed by atoms with Crippen LogP contribution in [0.25, 0.3) is 0 Å². The van der Waals surface area contributed by atoms with Gasteiger partial charge in [-0.05, 0) is 37.5 Å². The van der Waals surface area contributed by atoms with Crippen LogP contribution in [0, 0.1) is 17.8 Å². The molecule has 0 aromatic heterocycles. The molecule has 1 saturated carbocycles. The van der Waals surface area contributed by atoms with Crippen molar-refractivity contribution in [2.45, 2.75) is 65.7 Å². The fraction of sp³-hybridized carbons (Fsp3) is 0.929. The Morgan fingerprint density at radius 1 is 1.07 bits per heavy atom. The highest BCUT2D eigenvalue weighted by molar-refractivity contribution is 5.81. The van der Waals surface area contributed by atoms with Gasteiger partial charge >= 0.3 is 0 Å². The summed E-state index contributed by atoms with van der Waals surface area (Å²) in [6.45, 7) is 6.78. The maximum atomic E-state index is 12.0. The van der Waals surface area contributed by atoms with E-state index in [0.29, 0.717) is 11.7 Å². The highest BCUT2D eigenvalue weighted by Crippen LogP contribution is 2.34. The second kappa shape index (κ2) is 6.30. The quantitative estimate of drug-likeness (QED) is 0.621. The van der Waals surface area contributed by atoms with Crippen molar-refractivity contribution in [3.63, 3.8) is 0 Å². The van der Waals surface area contributed by atoms with Gasteiger partial charge in [0.05, 0.1) is 0 Å². The van der Waals surface area contributed by atoms with E-state index in [0.717, 1.165) is 37.5 Å².